The monoisotopic (exact) mass is 295 g/mol. The van der Waals surface area contributed by atoms with Crippen LogP contribution >= 0.6 is 0 Å². The van der Waals surface area contributed by atoms with Crippen molar-refractivity contribution in [2.75, 3.05) is 0 Å². The first-order chi connectivity index (χ1) is 9.86. The molecule has 0 heterocycles. The van der Waals surface area contributed by atoms with Crippen molar-refractivity contribution in [2.24, 2.45) is 5.73 Å². The van der Waals surface area contributed by atoms with E-state index < -0.39 is 12.2 Å². The average Bonchev–Trinajstić information content (AvgIpc) is 2.45. The third-order valence-corrected chi connectivity index (χ3v) is 3.12. The maximum atomic E-state index is 12.5. The Hall–Kier alpha value is -2.01. The van der Waals surface area contributed by atoms with Crippen LogP contribution in [0.4, 0.5) is 13.2 Å². The molecule has 0 unspecified atom stereocenters. The van der Waals surface area contributed by atoms with Gasteiger partial charge in [-0.05, 0) is 30.2 Å². The van der Waals surface area contributed by atoms with E-state index in [4.69, 9.17) is 10.5 Å². The number of aryl methyl sites for hydroxylation is 1. The van der Waals surface area contributed by atoms with E-state index in [1.54, 1.807) is 0 Å². The molecule has 0 aliphatic rings. The lowest BCUT2D eigenvalue weighted by atomic mass is 10.1. The Morgan fingerprint density at radius 2 is 1.57 bits per heavy atom. The number of alkyl halides is 3. The van der Waals surface area contributed by atoms with Crippen LogP contribution in [0.5, 0.6) is 5.75 Å². The molecule has 5 heteroatoms. The molecule has 0 aliphatic carbocycles. The van der Waals surface area contributed by atoms with Gasteiger partial charge < -0.3 is 10.5 Å². The Labute approximate surface area is 121 Å². The Bertz CT molecular complexity index is 576. The van der Waals surface area contributed by atoms with Crippen LogP contribution in [0.1, 0.15) is 22.7 Å². The molecule has 2 rings (SSSR count). The second-order valence-corrected chi connectivity index (χ2v) is 4.86. The third-order valence-electron chi connectivity index (χ3n) is 3.12. The van der Waals surface area contributed by atoms with E-state index in [-0.39, 0.29) is 5.56 Å². The van der Waals surface area contributed by atoms with E-state index in [1.165, 1.54) is 24.3 Å². The Morgan fingerprint density at radius 1 is 1.00 bits per heavy atom. The molecular formula is C16H16F3NO. The normalized spacial score (nSPS) is 13.0. The minimum absolute atomic E-state index is 0.0187. The number of hydrogen-bond donors (Lipinski definition) is 1. The molecule has 0 aliphatic heterocycles. The fraction of sp³-hybridized carbons (Fsp3) is 0.250. The van der Waals surface area contributed by atoms with Gasteiger partial charge in [-0.15, -0.1) is 0 Å². The van der Waals surface area contributed by atoms with Crippen molar-refractivity contribution in [1.29, 1.82) is 0 Å². The SMILES string of the molecule is Cc1ccc(COc2ccc([C@@H](N)C(F)(F)F)cc2)cc1. The van der Waals surface area contributed by atoms with Crippen LogP contribution in [0.15, 0.2) is 48.5 Å². The lowest BCUT2D eigenvalue weighted by Crippen LogP contribution is -2.28. The fourth-order valence-corrected chi connectivity index (χ4v) is 1.81. The van der Waals surface area contributed by atoms with Gasteiger partial charge in [-0.1, -0.05) is 42.0 Å². The van der Waals surface area contributed by atoms with Crippen LogP contribution in [0, 0.1) is 6.92 Å². The molecule has 2 nitrogen and oxygen atoms in total. The molecule has 2 aromatic carbocycles. The van der Waals surface area contributed by atoms with Crippen LogP contribution < -0.4 is 10.5 Å². The fourth-order valence-electron chi connectivity index (χ4n) is 1.81. The van der Waals surface area contributed by atoms with Gasteiger partial charge in [-0.3, -0.25) is 0 Å². The molecule has 21 heavy (non-hydrogen) atoms. The zero-order valence-electron chi connectivity index (χ0n) is 11.5. The van der Waals surface area contributed by atoms with Gasteiger partial charge in [0.05, 0.1) is 0 Å². The highest BCUT2D eigenvalue weighted by Crippen LogP contribution is 2.31. The highest BCUT2D eigenvalue weighted by Gasteiger charge is 2.37. The quantitative estimate of drug-likeness (QED) is 0.920. The Kier molecular flexibility index (Phi) is 4.53. The highest BCUT2D eigenvalue weighted by molar-refractivity contribution is 5.30. The van der Waals surface area contributed by atoms with Crippen LogP contribution in [-0.4, -0.2) is 6.18 Å². The summed E-state index contributed by atoms with van der Waals surface area (Å²) >= 11 is 0. The summed E-state index contributed by atoms with van der Waals surface area (Å²) in [6, 6.07) is 11.5. The molecule has 0 bridgehead atoms. The number of rotatable bonds is 4. The number of nitrogens with two attached hydrogens (primary N) is 1. The third kappa shape index (κ3) is 4.23. The van der Waals surface area contributed by atoms with Gasteiger partial charge in [0.1, 0.15) is 18.4 Å². The predicted molar refractivity (Wildman–Crippen MR) is 74.9 cm³/mol. The standard InChI is InChI=1S/C16H16F3NO/c1-11-2-4-12(5-3-11)10-21-14-8-6-13(7-9-14)15(20)16(17,18)19/h2-9,15H,10,20H2,1H3/t15-/m1/s1. The predicted octanol–water partition coefficient (Wildman–Crippen LogP) is 4.14. The largest absolute Gasteiger partial charge is 0.489 e. The molecule has 0 aromatic heterocycles. The van der Waals surface area contributed by atoms with Crippen molar-refractivity contribution in [1.82, 2.24) is 0 Å². The molecule has 1 atom stereocenters. The summed E-state index contributed by atoms with van der Waals surface area (Å²) < 4.78 is 43.0. The van der Waals surface area contributed by atoms with E-state index in [9.17, 15) is 13.2 Å². The Morgan fingerprint density at radius 3 is 2.10 bits per heavy atom. The number of halogens is 3. The van der Waals surface area contributed by atoms with E-state index in [2.05, 4.69) is 0 Å². The molecule has 0 amide bonds. The molecule has 0 saturated carbocycles. The molecule has 0 fully saturated rings. The van der Waals surface area contributed by atoms with Crippen molar-refractivity contribution in [3.05, 3.63) is 65.2 Å². The van der Waals surface area contributed by atoms with Crippen LogP contribution in [0.3, 0.4) is 0 Å². The number of benzene rings is 2. The molecular weight excluding hydrogens is 279 g/mol. The highest BCUT2D eigenvalue weighted by atomic mass is 19.4. The first-order valence-electron chi connectivity index (χ1n) is 6.47. The van der Waals surface area contributed by atoms with Gasteiger partial charge in [0.2, 0.25) is 0 Å². The smallest absolute Gasteiger partial charge is 0.407 e. The van der Waals surface area contributed by atoms with Crippen molar-refractivity contribution in [3.63, 3.8) is 0 Å². The van der Waals surface area contributed by atoms with Gasteiger partial charge in [0.25, 0.3) is 0 Å². The van der Waals surface area contributed by atoms with Crippen LogP contribution in [0.2, 0.25) is 0 Å². The summed E-state index contributed by atoms with van der Waals surface area (Å²) in [5, 5.41) is 0. The lowest BCUT2D eigenvalue weighted by Gasteiger charge is -2.16. The van der Waals surface area contributed by atoms with Crippen LogP contribution in [0.25, 0.3) is 0 Å². The maximum absolute atomic E-state index is 12.5. The summed E-state index contributed by atoms with van der Waals surface area (Å²) in [7, 11) is 0. The van der Waals surface area contributed by atoms with E-state index in [0.29, 0.717) is 12.4 Å². The number of ether oxygens (including phenoxy) is 1. The molecule has 0 radical (unpaired) electrons. The van der Waals surface area contributed by atoms with Gasteiger partial charge in [0, 0.05) is 0 Å². The van der Waals surface area contributed by atoms with Crippen LogP contribution in [-0.2, 0) is 6.61 Å². The summed E-state index contributed by atoms with van der Waals surface area (Å²) in [6.45, 7) is 2.36. The van der Waals surface area contributed by atoms with E-state index in [0.717, 1.165) is 11.1 Å². The Balaban J connectivity index is 1.98. The second-order valence-electron chi connectivity index (χ2n) is 4.86. The summed E-state index contributed by atoms with van der Waals surface area (Å²) in [6.07, 6.45) is -4.44. The lowest BCUT2D eigenvalue weighted by molar-refractivity contribution is -0.149. The van der Waals surface area contributed by atoms with E-state index >= 15 is 0 Å². The zero-order valence-corrected chi connectivity index (χ0v) is 11.5. The molecule has 2 aromatic rings. The summed E-state index contributed by atoms with van der Waals surface area (Å²) in [4.78, 5) is 0. The van der Waals surface area contributed by atoms with Crippen molar-refractivity contribution >= 4 is 0 Å². The topological polar surface area (TPSA) is 35.2 Å². The van der Waals surface area contributed by atoms with Crippen molar-refractivity contribution < 1.29 is 17.9 Å². The second kappa shape index (κ2) is 6.18. The number of hydrogen-bond acceptors (Lipinski definition) is 2. The first-order valence-corrected chi connectivity index (χ1v) is 6.47. The zero-order chi connectivity index (χ0) is 15.5. The average molecular weight is 295 g/mol. The minimum Gasteiger partial charge on any atom is -0.489 e. The summed E-state index contributed by atoms with van der Waals surface area (Å²) in [5.41, 5.74) is 7.31. The maximum Gasteiger partial charge on any atom is 0.407 e. The minimum atomic E-state index is -4.44. The first kappa shape index (κ1) is 15.4. The molecule has 112 valence electrons. The molecule has 2 N–H and O–H groups in total. The molecule has 0 spiro atoms. The van der Waals surface area contributed by atoms with Gasteiger partial charge >= 0.3 is 6.18 Å². The van der Waals surface area contributed by atoms with Gasteiger partial charge in [-0.2, -0.15) is 13.2 Å². The van der Waals surface area contributed by atoms with Crippen molar-refractivity contribution in [2.45, 2.75) is 25.7 Å². The van der Waals surface area contributed by atoms with Crippen molar-refractivity contribution in [3.8, 4) is 5.75 Å². The van der Waals surface area contributed by atoms with E-state index in [1.807, 2.05) is 31.2 Å². The van der Waals surface area contributed by atoms with Gasteiger partial charge in [-0.25, -0.2) is 0 Å². The summed E-state index contributed by atoms with van der Waals surface area (Å²) in [5.74, 6) is 0.508. The van der Waals surface area contributed by atoms with Gasteiger partial charge in [0.15, 0.2) is 0 Å². The molecule has 0 saturated heterocycles.